The van der Waals surface area contributed by atoms with Gasteiger partial charge in [-0.1, -0.05) is 0 Å². The van der Waals surface area contributed by atoms with Gasteiger partial charge >= 0.3 is 6.09 Å². The summed E-state index contributed by atoms with van der Waals surface area (Å²) in [6.45, 7) is 6.78. The molecule has 3 N–H and O–H groups in total. The number of hydrogen-bond donors (Lipinski definition) is 2. The monoisotopic (exact) mass is 226 g/mol. The highest BCUT2D eigenvalue weighted by atomic mass is 16.6. The van der Waals surface area contributed by atoms with Crippen LogP contribution in [0.2, 0.25) is 0 Å². The van der Waals surface area contributed by atoms with Crippen molar-refractivity contribution in [2.24, 2.45) is 10.8 Å². The zero-order valence-corrected chi connectivity index (χ0v) is 9.91. The van der Waals surface area contributed by atoms with Gasteiger partial charge in [-0.15, -0.1) is 0 Å². The summed E-state index contributed by atoms with van der Waals surface area (Å²) in [6.07, 6.45) is 0.428. The molecule has 2 aliphatic heterocycles. The van der Waals surface area contributed by atoms with Gasteiger partial charge in [-0.2, -0.15) is 5.10 Å². The number of nitrogens with zero attached hydrogens (tertiary/aromatic N) is 2. The molecule has 0 bridgehead atoms. The molecule has 6 nitrogen and oxygen atoms in total. The first-order valence-corrected chi connectivity index (χ1v) is 5.37. The molecule has 1 spiro atoms. The average molecular weight is 226 g/mol. The zero-order chi connectivity index (χ0) is 12.0. The lowest BCUT2D eigenvalue weighted by atomic mass is 9.88. The Bertz CT molecular complexity index is 339. The molecule has 90 valence electrons. The second kappa shape index (κ2) is 3.26. The average Bonchev–Trinajstić information content (AvgIpc) is 2.41. The minimum absolute atomic E-state index is 0.138. The number of carbonyl (C=O) groups is 1. The van der Waals surface area contributed by atoms with Crippen molar-refractivity contribution >= 4 is 11.9 Å². The van der Waals surface area contributed by atoms with Crippen LogP contribution < -0.4 is 11.2 Å². The smallest absolute Gasteiger partial charge is 0.410 e. The lowest BCUT2D eigenvalue weighted by Crippen LogP contribution is -2.68. The van der Waals surface area contributed by atoms with Gasteiger partial charge in [0.1, 0.15) is 11.4 Å². The van der Waals surface area contributed by atoms with Crippen LogP contribution in [0.5, 0.6) is 0 Å². The lowest BCUT2D eigenvalue weighted by molar-refractivity contribution is -0.0125. The predicted octanol–water partition coefficient (Wildman–Crippen LogP) is 0.241. The Labute approximate surface area is 94.8 Å². The van der Waals surface area contributed by atoms with Crippen molar-refractivity contribution < 1.29 is 9.53 Å². The van der Waals surface area contributed by atoms with Crippen molar-refractivity contribution in [3.8, 4) is 0 Å². The van der Waals surface area contributed by atoms with Crippen LogP contribution in [-0.2, 0) is 4.74 Å². The number of nitrogens with two attached hydrogens (primary N) is 1. The molecular formula is C10H18N4O2. The first kappa shape index (κ1) is 11.0. The molecular weight excluding hydrogens is 208 g/mol. The summed E-state index contributed by atoms with van der Waals surface area (Å²) in [4.78, 5) is 13.3. The fraction of sp³-hybridized carbons (Fsp3) is 0.800. The van der Waals surface area contributed by atoms with Crippen LogP contribution in [0.4, 0.5) is 4.79 Å². The Morgan fingerprint density at radius 3 is 2.62 bits per heavy atom. The van der Waals surface area contributed by atoms with Gasteiger partial charge in [-0.05, 0) is 20.8 Å². The van der Waals surface area contributed by atoms with Crippen molar-refractivity contribution in [1.82, 2.24) is 10.3 Å². The fourth-order valence-electron chi connectivity index (χ4n) is 1.94. The Morgan fingerprint density at radius 1 is 1.56 bits per heavy atom. The van der Waals surface area contributed by atoms with Gasteiger partial charge in [-0.25, -0.2) is 4.79 Å². The van der Waals surface area contributed by atoms with Gasteiger partial charge < -0.3 is 15.4 Å². The second-order valence-electron chi connectivity index (χ2n) is 5.51. The van der Waals surface area contributed by atoms with E-state index in [2.05, 4.69) is 10.5 Å². The Kier molecular flexibility index (Phi) is 2.25. The van der Waals surface area contributed by atoms with Crippen LogP contribution in [0, 0.1) is 0 Å². The maximum atomic E-state index is 11.7. The van der Waals surface area contributed by atoms with E-state index >= 15 is 0 Å². The minimum Gasteiger partial charge on any atom is -0.444 e. The van der Waals surface area contributed by atoms with E-state index in [0.29, 0.717) is 25.3 Å². The predicted molar refractivity (Wildman–Crippen MR) is 59.9 cm³/mol. The molecule has 2 heterocycles. The maximum absolute atomic E-state index is 11.7. The van der Waals surface area contributed by atoms with E-state index in [1.165, 1.54) is 0 Å². The van der Waals surface area contributed by atoms with E-state index in [9.17, 15) is 4.79 Å². The molecule has 0 aromatic carbocycles. The van der Waals surface area contributed by atoms with Crippen LogP contribution in [0.1, 0.15) is 27.2 Å². The Morgan fingerprint density at radius 2 is 2.19 bits per heavy atom. The summed E-state index contributed by atoms with van der Waals surface area (Å²) < 4.78 is 5.26. The molecule has 1 amide bonds. The van der Waals surface area contributed by atoms with E-state index in [0.717, 1.165) is 0 Å². The van der Waals surface area contributed by atoms with Crippen molar-refractivity contribution in [1.29, 1.82) is 0 Å². The van der Waals surface area contributed by atoms with Gasteiger partial charge in [0.15, 0.2) is 0 Å². The van der Waals surface area contributed by atoms with Crippen molar-refractivity contribution in [2.45, 2.75) is 38.3 Å². The summed E-state index contributed by atoms with van der Waals surface area (Å²) in [5.74, 6) is 0.601. The molecule has 0 saturated carbocycles. The minimum atomic E-state index is -0.446. The highest BCUT2D eigenvalue weighted by Gasteiger charge is 2.49. The number of carbonyl (C=O) groups excluding carboxylic acids is 1. The second-order valence-corrected chi connectivity index (χ2v) is 5.51. The molecule has 1 fully saturated rings. The third kappa shape index (κ3) is 2.05. The number of nitrogens with one attached hydrogen (secondary N) is 1. The van der Waals surface area contributed by atoms with Crippen molar-refractivity contribution in [2.75, 3.05) is 13.1 Å². The number of rotatable bonds is 0. The van der Waals surface area contributed by atoms with E-state index in [1.807, 2.05) is 20.8 Å². The Hall–Kier alpha value is -1.46. The normalized spacial score (nSPS) is 22.4. The third-order valence-electron chi connectivity index (χ3n) is 2.59. The number of likely N-dealkylation sites (tertiary alicyclic amines) is 1. The molecule has 2 aliphatic rings. The summed E-state index contributed by atoms with van der Waals surface area (Å²) in [6, 6.07) is 0. The molecule has 16 heavy (non-hydrogen) atoms. The van der Waals surface area contributed by atoms with Gasteiger partial charge in [0, 0.05) is 6.42 Å². The third-order valence-corrected chi connectivity index (χ3v) is 2.59. The first-order chi connectivity index (χ1) is 7.30. The largest absolute Gasteiger partial charge is 0.444 e. The van der Waals surface area contributed by atoms with Gasteiger partial charge in [-0.3, -0.25) is 5.43 Å². The molecule has 0 radical (unpaired) electrons. The van der Waals surface area contributed by atoms with E-state index in [-0.39, 0.29) is 11.6 Å². The molecule has 6 heteroatoms. The molecule has 0 aromatic heterocycles. The number of amides is 1. The van der Waals surface area contributed by atoms with Crippen LogP contribution in [-0.4, -0.2) is 41.1 Å². The molecule has 0 aliphatic carbocycles. The number of hydrazone groups is 1. The maximum Gasteiger partial charge on any atom is 0.410 e. The standard InChI is InChI=1S/C10H18N4O2/c1-9(2,3)16-8(15)14-5-10(6-14)4-7(11)12-13-10/h13H,4-6H2,1-3H3,(H2,11,12). The van der Waals surface area contributed by atoms with Gasteiger partial charge in [0.2, 0.25) is 0 Å². The number of amidine groups is 1. The van der Waals surface area contributed by atoms with Crippen molar-refractivity contribution in [3.05, 3.63) is 0 Å². The quantitative estimate of drug-likeness (QED) is 0.620. The van der Waals surface area contributed by atoms with E-state index in [4.69, 9.17) is 10.5 Å². The molecule has 0 aromatic rings. The highest BCUT2D eigenvalue weighted by molar-refractivity contribution is 5.84. The molecule has 2 rings (SSSR count). The van der Waals surface area contributed by atoms with E-state index < -0.39 is 5.60 Å². The SMILES string of the molecule is CC(C)(C)OC(=O)N1CC2(CC(N)=NN2)C1. The summed E-state index contributed by atoms with van der Waals surface area (Å²) in [7, 11) is 0. The van der Waals surface area contributed by atoms with Gasteiger partial charge in [0.05, 0.1) is 18.6 Å². The van der Waals surface area contributed by atoms with Gasteiger partial charge in [0.25, 0.3) is 0 Å². The van der Waals surface area contributed by atoms with Crippen LogP contribution in [0.25, 0.3) is 0 Å². The topological polar surface area (TPSA) is 80.0 Å². The molecule has 0 atom stereocenters. The highest BCUT2D eigenvalue weighted by Crippen LogP contribution is 2.28. The fourth-order valence-corrected chi connectivity index (χ4v) is 1.94. The summed E-state index contributed by atoms with van der Waals surface area (Å²) >= 11 is 0. The van der Waals surface area contributed by atoms with E-state index in [1.54, 1.807) is 4.90 Å². The van der Waals surface area contributed by atoms with Crippen molar-refractivity contribution in [3.63, 3.8) is 0 Å². The zero-order valence-electron chi connectivity index (χ0n) is 9.91. The summed E-state index contributed by atoms with van der Waals surface area (Å²) in [5.41, 5.74) is 7.99. The van der Waals surface area contributed by atoms with Crippen LogP contribution in [0.3, 0.4) is 0 Å². The number of hydrogen-bond acceptors (Lipinski definition) is 5. The lowest BCUT2D eigenvalue weighted by Gasteiger charge is -2.46. The molecule has 1 saturated heterocycles. The summed E-state index contributed by atoms with van der Waals surface area (Å²) in [5, 5.41) is 3.95. The number of ether oxygens (including phenoxy) is 1. The first-order valence-electron chi connectivity index (χ1n) is 5.37. The Balaban J connectivity index is 1.83. The molecule has 0 unspecified atom stereocenters. The van der Waals surface area contributed by atoms with Crippen LogP contribution in [0.15, 0.2) is 5.10 Å². The van der Waals surface area contributed by atoms with Crippen LogP contribution >= 0.6 is 0 Å².